The van der Waals surface area contributed by atoms with E-state index in [1.165, 1.54) is 0 Å². The Balaban J connectivity index is 1.34. The van der Waals surface area contributed by atoms with Gasteiger partial charge in [-0.15, -0.1) is 0 Å². The third-order valence-corrected chi connectivity index (χ3v) is 8.52. The van der Waals surface area contributed by atoms with E-state index >= 15 is 0 Å². The normalized spacial score (nSPS) is 16.4. The smallest absolute Gasteiger partial charge is 0.319 e. The SMILES string of the molecule is CC(C)[C@H](NC(=O)[C@@]1(NC(=O)Cc2ccc(Cl)c(NC(=O)NCc3ccccc3)c2)CCc2[nH]c3ccccc3c2C1)C(N)=O. The van der Waals surface area contributed by atoms with Gasteiger partial charge in [0.15, 0.2) is 0 Å². The number of amides is 5. The highest BCUT2D eigenvalue weighted by atomic mass is 35.5. The Bertz CT molecular complexity index is 1740. The van der Waals surface area contributed by atoms with Crippen LogP contribution in [0.25, 0.3) is 10.9 Å². The van der Waals surface area contributed by atoms with Crippen molar-refractivity contribution in [3.8, 4) is 0 Å². The molecule has 0 saturated heterocycles. The van der Waals surface area contributed by atoms with E-state index in [1.807, 2.05) is 54.6 Å². The lowest BCUT2D eigenvalue weighted by atomic mass is 9.78. The Morgan fingerprint density at radius 2 is 1.71 bits per heavy atom. The number of halogens is 1. The molecule has 1 aliphatic carbocycles. The van der Waals surface area contributed by atoms with Crippen molar-refractivity contribution < 1.29 is 19.2 Å². The average Bonchev–Trinajstić information content (AvgIpc) is 3.38. The molecule has 1 heterocycles. The number of anilines is 1. The summed E-state index contributed by atoms with van der Waals surface area (Å²) in [7, 11) is 0. The molecule has 1 aromatic heterocycles. The molecule has 2 atom stereocenters. The standard InChI is InChI=1S/C34H37ClN6O4/c1-20(2)30(31(36)43)40-32(44)34(15-14-27-24(18-34)23-10-6-7-11-26(23)38-27)41-29(42)17-22-12-13-25(35)28(16-22)39-33(45)37-19-21-8-4-3-5-9-21/h3-13,16,20,30,38H,14-15,17-19H2,1-2H3,(H2,36,43)(H,40,44)(H,41,42)(H2,37,39,45)/t30-,34+/m0/s1. The van der Waals surface area contributed by atoms with Crippen LogP contribution in [0.4, 0.5) is 10.5 Å². The van der Waals surface area contributed by atoms with Crippen LogP contribution in [0.3, 0.4) is 0 Å². The number of hydrogen-bond donors (Lipinski definition) is 6. The first-order chi connectivity index (χ1) is 21.5. The lowest BCUT2D eigenvalue weighted by Gasteiger charge is -2.38. The summed E-state index contributed by atoms with van der Waals surface area (Å²) in [5.74, 6) is -1.73. The second-order valence-corrected chi connectivity index (χ2v) is 12.2. The van der Waals surface area contributed by atoms with Crippen molar-refractivity contribution >= 4 is 51.9 Å². The third-order valence-electron chi connectivity index (χ3n) is 8.20. The second kappa shape index (κ2) is 13.4. The van der Waals surface area contributed by atoms with E-state index in [0.717, 1.165) is 27.7 Å². The molecule has 3 aromatic carbocycles. The summed E-state index contributed by atoms with van der Waals surface area (Å²) in [5.41, 5.74) is 9.10. The molecular formula is C34H37ClN6O4. The Labute approximate surface area is 266 Å². The summed E-state index contributed by atoms with van der Waals surface area (Å²) < 4.78 is 0. The number of urea groups is 1. The number of carbonyl (C=O) groups is 4. The van der Waals surface area contributed by atoms with Gasteiger partial charge < -0.3 is 32.0 Å². The number of nitrogens with one attached hydrogen (secondary N) is 5. The fourth-order valence-corrected chi connectivity index (χ4v) is 5.99. The number of nitrogens with two attached hydrogens (primary N) is 1. The number of aromatic nitrogens is 1. The largest absolute Gasteiger partial charge is 0.368 e. The number of hydrogen-bond acceptors (Lipinski definition) is 4. The molecule has 0 bridgehead atoms. The average molecular weight is 629 g/mol. The maximum absolute atomic E-state index is 14.0. The molecule has 0 aliphatic heterocycles. The lowest BCUT2D eigenvalue weighted by Crippen LogP contribution is -2.64. The van der Waals surface area contributed by atoms with E-state index in [2.05, 4.69) is 26.3 Å². The Morgan fingerprint density at radius 1 is 0.978 bits per heavy atom. The molecule has 0 spiro atoms. The number of fused-ring (bicyclic) bond motifs is 3. The number of benzene rings is 3. The van der Waals surface area contributed by atoms with Crippen molar-refractivity contribution in [1.29, 1.82) is 0 Å². The zero-order valence-corrected chi connectivity index (χ0v) is 26.0. The summed E-state index contributed by atoms with van der Waals surface area (Å²) in [6, 6.07) is 20.9. The summed E-state index contributed by atoms with van der Waals surface area (Å²) in [6.07, 6.45) is 1.01. The summed E-state index contributed by atoms with van der Waals surface area (Å²) >= 11 is 6.36. The first-order valence-electron chi connectivity index (χ1n) is 14.9. The molecule has 5 amide bonds. The maximum Gasteiger partial charge on any atom is 0.319 e. The molecule has 7 N–H and O–H groups in total. The van der Waals surface area contributed by atoms with Gasteiger partial charge in [0.05, 0.1) is 17.1 Å². The van der Waals surface area contributed by atoms with Crippen molar-refractivity contribution in [2.45, 2.75) is 57.7 Å². The van der Waals surface area contributed by atoms with Gasteiger partial charge in [0.1, 0.15) is 11.6 Å². The van der Waals surface area contributed by atoms with Crippen LogP contribution in [0.2, 0.25) is 5.02 Å². The Morgan fingerprint density at radius 3 is 2.44 bits per heavy atom. The fourth-order valence-electron chi connectivity index (χ4n) is 5.82. The van der Waals surface area contributed by atoms with Gasteiger partial charge in [-0.05, 0) is 53.6 Å². The van der Waals surface area contributed by atoms with Gasteiger partial charge in [0.25, 0.3) is 0 Å². The van der Waals surface area contributed by atoms with Crippen LogP contribution in [0.1, 0.15) is 42.7 Å². The van der Waals surface area contributed by atoms with Crippen LogP contribution in [-0.2, 0) is 40.2 Å². The predicted octanol–water partition coefficient (Wildman–Crippen LogP) is 4.36. The second-order valence-electron chi connectivity index (χ2n) is 11.8. The van der Waals surface area contributed by atoms with E-state index in [9.17, 15) is 19.2 Å². The van der Waals surface area contributed by atoms with Crippen molar-refractivity contribution in [3.05, 3.63) is 100 Å². The number of aromatic amines is 1. The van der Waals surface area contributed by atoms with Crippen LogP contribution in [0.15, 0.2) is 72.8 Å². The number of para-hydroxylation sites is 1. The van der Waals surface area contributed by atoms with Gasteiger partial charge in [-0.2, -0.15) is 0 Å². The van der Waals surface area contributed by atoms with E-state index < -0.39 is 35.3 Å². The number of carbonyl (C=O) groups excluding carboxylic acids is 4. The number of primary amides is 1. The van der Waals surface area contributed by atoms with Crippen LogP contribution in [-0.4, -0.2) is 40.3 Å². The van der Waals surface area contributed by atoms with E-state index in [4.69, 9.17) is 17.3 Å². The van der Waals surface area contributed by atoms with Crippen molar-refractivity contribution in [3.63, 3.8) is 0 Å². The van der Waals surface area contributed by atoms with Gasteiger partial charge in [-0.25, -0.2) is 4.79 Å². The molecular weight excluding hydrogens is 592 g/mol. The molecule has 5 rings (SSSR count). The summed E-state index contributed by atoms with van der Waals surface area (Å²) in [5, 5.41) is 12.7. The van der Waals surface area contributed by atoms with E-state index in [1.54, 1.807) is 32.0 Å². The highest BCUT2D eigenvalue weighted by Gasteiger charge is 2.45. The first-order valence-corrected chi connectivity index (χ1v) is 15.3. The monoisotopic (exact) mass is 628 g/mol. The van der Waals surface area contributed by atoms with Crippen LogP contribution in [0.5, 0.6) is 0 Å². The summed E-state index contributed by atoms with van der Waals surface area (Å²) in [4.78, 5) is 55.8. The van der Waals surface area contributed by atoms with Gasteiger partial charge in [-0.1, -0.05) is 80.0 Å². The van der Waals surface area contributed by atoms with Crippen molar-refractivity contribution in [1.82, 2.24) is 20.9 Å². The number of aryl methyl sites for hydroxylation is 1. The quantitative estimate of drug-likeness (QED) is 0.154. The highest BCUT2D eigenvalue weighted by molar-refractivity contribution is 6.33. The zero-order valence-electron chi connectivity index (χ0n) is 25.2. The van der Waals surface area contributed by atoms with E-state index in [0.29, 0.717) is 35.7 Å². The molecule has 4 aromatic rings. The van der Waals surface area contributed by atoms with E-state index in [-0.39, 0.29) is 18.8 Å². The molecule has 10 nitrogen and oxygen atoms in total. The molecule has 45 heavy (non-hydrogen) atoms. The molecule has 234 valence electrons. The van der Waals surface area contributed by atoms with Crippen LogP contribution < -0.4 is 27.0 Å². The Kier molecular flexibility index (Phi) is 9.43. The van der Waals surface area contributed by atoms with Gasteiger partial charge in [-0.3, -0.25) is 14.4 Å². The molecule has 0 radical (unpaired) electrons. The van der Waals surface area contributed by atoms with Crippen molar-refractivity contribution in [2.75, 3.05) is 5.32 Å². The lowest BCUT2D eigenvalue weighted by molar-refractivity contribution is -0.136. The topological polar surface area (TPSA) is 158 Å². The van der Waals surface area contributed by atoms with Crippen molar-refractivity contribution in [2.24, 2.45) is 11.7 Å². The first kappa shape index (κ1) is 31.6. The minimum Gasteiger partial charge on any atom is -0.368 e. The number of H-pyrrole nitrogens is 1. The molecule has 1 aliphatic rings. The fraction of sp³-hybridized carbons (Fsp3) is 0.294. The van der Waals surface area contributed by atoms with Gasteiger partial charge in [0, 0.05) is 29.6 Å². The molecule has 11 heteroatoms. The van der Waals surface area contributed by atoms with Gasteiger partial charge >= 0.3 is 6.03 Å². The molecule has 0 saturated carbocycles. The predicted molar refractivity (Wildman–Crippen MR) is 175 cm³/mol. The van der Waals surface area contributed by atoms with Gasteiger partial charge in [0.2, 0.25) is 17.7 Å². The zero-order chi connectivity index (χ0) is 32.1. The van der Waals surface area contributed by atoms with Crippen LogP contribution >= 0.6 is 11.6 Å². The summed E-state index contributed by atoms with van der Waals surface area (Å²) in [6.45, 7) is 3.93. The minimum absolute atomic E-state index is 0.0727. The molecule has 0 unspecified atom stereocenters. The number of rotatable bonds is 10. The third kappa shape index (κ3) is 7.29. The van der Waals surface area contributed by atoms with Crippen LogP contribution in [0, 0.1) is 5.92 Å². The minimum atomic E-state index is -1.32. The highest BCUT2D eigenvalue weighted by Crippen LogP contribution is 2.35. The molecule has 0 fully saturated rings. The maximum atomic E-state index is 14.0. The Hall–Kier alpha value is -4.83.